The van der Waals surface area contributed by atoms with Gasteiger partial charge in [0.05, 0.1) is 23.7 Å². The number of rotatable bonds is 5. The van der Waals surface area contributed by atoms with Gasteiger partial charge in [-0.15, -0.1) is 6.58 Å². The molecule has 0 radical (unpaired) electrons. The van der Waals surface area contributed by atoms with Crippen molar-refractivity contribution in [2.45, 2.75) is 43.1 Å². The van der Waals surface area contributed by atoms with Crippen LogP contribution in [-0.4, -0.2) is 27.2 Å². The maximum absolute atomic E-state index is 12.3. The van der Waals surface area contributed by atoms with Crippen LogP contribution < -0.4 is 0 Å². The largest absolute Gasteiger partial charge is 0.370 e. The van der Waals surface area contributed by atoms with Crippen LogP contribution in [0.15, 0.2) is 41.8 Å². The summed E-state index contributed by atoms with van der Waals surface area (Å²) in [6.07, 6.45) is 5.51. The SMILES string of the molecule is C=CC12CCC(COS(=O)(=O)c3ccc(C)cc3)(CC1)CO2. The minimum atomic E-state index is -3.70. The van der Waals surface area contributed by atoms with E-state index >= 15 is 0 Å². The molecule has 2 bridgehead atoms. The lowest BCUT2D eigenvalue weighted by atomic mass is 9.66. The zero-order valence-electron chi connectivity index (χ0n) is 12.9. The van der Waals surface area contributed by atoms with Crippen molar-refractivity contribution in [3.8, 4) is 0 Å². The number of benzene rings is 1. The molecule has 120 valence electrons. The van der Waals surface area contributed by atoms with Crippen LogP contribution in [0.25, 0.3) is 0 Å². The van der Waals surface area contributed by atoms with Crippen molar-refractivity contribution in [3.05, 3.63) is 42.5 Å². The van der Waals surface area contributed by atoms with Gasteiger partial charge in [-0.1, -0.05) is 23.8 Å². The molecule has 0 spiro atoms. The van der Waals surface area contributed by atoms with Crippen LogP contribution in [0, 0.1) is 12.3 Å². The van der Waals surface area contributed by atoms with E-state index < -0.39 is 10.1 Å². The van der Waals surface area contributed by atoms with Crippen LogP contribution in [0.5, 0.6) is 0 Å². The second-order valence-electron chi connectivity index (χ2n) is 6.59. The summed E-state index contributed by atoms with van der Waals surface area (Å²) in [6.45, 7) is 6.51. The maximum atomic E-state index is 12.3. The molecule has 3 aliphatic rings. The van der Waals surface area contributed by atoms with Crippen molar-refractivity contribution >= 4 is 10.1 Å². The van der Waals surface area contributed by atoms with E-state index in [4.69, 9.17) is 8.92 Å². The van der Waals surface area contributed by atoms with Crippen molar-refractivity contribution in [2.75, 3.05) is 13.2 Å². The number of ether oxygens (including phenoxy) is 1. The highest BCUT2D eigenvalue weighted by Gasteiger charge is 2.49. The highest BCUT2D eigenvalue weighted by Crippen LogP contribution is 2.49. The maximum Gasteiger partial charge on any atom is 0.296 e. The first kappa shape index (κ1) is 15.7. The van der Waals surface area contributed by atoms with Crippen molar-refractivity contribution < 1.29 is 17.3 Å². The standard InChI is InChI=1S/C17H22O4S/c1-3-17-10-8-16(9-11-17,12-20-17)13-21-22(18,19)15-6-4-14(2)5-7-15/h3-7H,1,8-13H2,2H3. The Kier molecular flexibility index (Phi) is 3.91. The van der Waals surface area contributed by atoms with E-state index in [1.165, 1.54) is 0 Å². The summed E-state index contributed by atoms with van der Waals surface area (Å²) in [7, 11) is -3.70. The second kappa shape index (κ2) is 5.48. The zero-order valence-corrected chi connectivity index (χ0v) is 13.7. The second-order valence-corrected chi connectivity index (χ2v) is 8.20. The van der Waals surface area contributed by atoms with Gasteiger partial charge in [-0.25, -0.2) is 0 Å². The summed E-state index contributed by atoms with van der Waals surface area (Å²) < 4.78 is 35.9. The van der Waals surface area contributed by atoms with E-state index in [1.54, 1.807) is 24.3 Å². The van der Waals surface area contributed by atoms with Crippen LogP contribution in [0.4, 0.5) is 0 Å². The monoisotopic (exact) mass is 322 g/mol. The molecular formula is C17H22O4S. The van der Waals surface area contributed by atoms with Gasteiger partial charge in [0, 0.05) is 5.41 Å². The summed E-state index contributed by atoms with van der Waals surface area (Å²) in [5.74, 6) is 0. The zero-order chi connectivity index (χ0) is 15.8. The van der Waals surface area contributed by atoms with Gasteiger partial charge in [-0.3, -0.25) is 4.18 Å². The molecule has 3 fully saturated rings. The lowest BCUT2D eigenvalue weighted by molar-refractivity contribution is -0.167. The van der Waals surface area contributed by atoms with Crippen molar-refractivity contribution in [1.29, 1.82) is 0 Å². The molecule has 1 aromatic rings. The molecular weight excluding hydrogens is 300 g/mol. The van der Waals surface area contributed by atoms with Crippen LogP contribution in [0.1, 0.15) is 31.2 Å². The van der Waals surface area contributed by atoms with Gasteiger partial charge in [-0.2, -0.15) is 8.42 Å². The van der Waals surface area contributed by atoms with E-state index in [9.17, 15) is 8.42 Å². The number of hydrogen-bond donors (Lipinski definition) is 0. The van der Waals surface area contributed by atoms with E-state index in [0.29, 0.717) is 6.61 Å². The number of fused-ring (bicyclic) bond motifs is 3. The summed E-state index contributed by atoms with van der Waals surface area (Å²) in [4.78, 5) is 0.211. The van der Waals surface area contributed by atoms with Crippen LogP contribution in [-0.2, 0) is 19.0 Å². The van der Waals surface area contributed by atoms with E-state index in [0.717, 1.165) is 31.2 Å². The molecule has 1 aromatic carbocycles. The molecule has 2 saturated heterocycles. The van der Waals surface area contributed by atoms with Gasteiger partial charge in [0.15, 0.2) is 0 Å². The summed E-state index contributed by atoms with van der Waals surface area (Å²) >= 11 is 0. The fourth-order valence-corrected chi connectivity index (χ4v) is 4.22. The van der Waals surface area contributed by atoms with Crippen molar-refractivity contribution in [2.24, 2.45) is 5.41 Å². The molecule has 4 rings (SSSR count). The first-order valence-electron chi connectivity index (χ1n) is 7.63. The molecule has 1 aliphatic carbocycles. The van der Waals surface area contributed by atoms with Gasteiger partial charge < -0.3 is 4.74 Å². The molecule has 2 heterocycles. The average molecular weight is 322 g/mol. The Morgan fingerprint density at radius 2 is 1.86 bits per heavy atom. The Bertz CT molecular complexity index is 636. The lowest BCUT2D eigenvalue weighted by Gasteiger charge is -2.51. The predicted molar refractivity (Wildman–Crippen MR) is 84.1 cm³/mol. The predicted octanol–water partition coefficient (Wildman–Crippen LogP) is 3.22. The number of hydrogen-bond acceptors (Lipinski definition) is 4. The Hall–Kier alpha value is -1.17. The number of aryl methyl sites for hydroxylation is 1. The van der Waals surface area contributed by atoms with Gasteiger partial charge >= 0.3 is 0 Å². The molecule has 0 amide bonds. The molecule has 22 heavy (non-hydrogen) atoms. The highest BCUT2D eigenvalue weighted by molar-refractivity contribution is 7.86. The van der Waals surface area contributed by atoms with Gasteiger partial charge in [-0.05, 0) is 44.7 Å². The molecule has 2 aliphatic heterocycles. The summed E-state index contributed by atoms with van der Waals surface area (Å²) in [5.41, 5.74) is 0.645. The molecule has 5 heteroatoms. The highest BCUT2D eigenvalue weighted by atomic mass is 32.2. The fraction of sp³-hybridized carbons (Fsp3) is 0.529. The smallest absolute Gasteiger partial charge is 0.296 e. The van der Waals surface area contributed by atoms with Crippen LogP contribution in [0.3, 0.4) is 0 Å². The average Bonchev–Trinajstić information content (AvgIpc) is 2.55. The quantitative estimate of drug-likeness (QED) is 0.617. The lowest BCUT2D eigenvalue weighted by Crippen LogP contribution is -2.52. The fourth-order valence-electron chi connectivity index (χ4n) is 3.21. The molecule has 0 N–H and O–H groups in total. The Morgan fingerprint density at radius 1 is 1.23 bits per heavy atom. The third-order valence-electron chi connectivity index (χ3n) is 5.02. The normalized spacial score (nSPS) is 31.1. The van der Waals surface area contributed by atoms with E-state index in [-0.39, 0.29) is 22.5 Å². The minimum Gasteiger partial charge on any atom is -0.370 e. The van der Waals surface area contributed by atoms with Gasteiger partial charge in [0.1, 0.15) is 0 Å². The summed E-state index contributed by atoms with van der Waals surface area (Å²) in [5, 5.41) is 0. The van der Waals surface area contributed by atoms with Crippen molar-refractivity contribution in [3.63, 3.8) is 0 Å². The third kappa shape index (κ3) is 2.85. The van der Waals surface area contributed by atoms with Gasteiger partial charge in [0.2, 0.25) is 0 Å². The first-order chi connectivity index (χ1) is 10.4. The van der Waals surface area contributed by atoms with Crippen LogP contribution >= 0.6 is 0 Å². The molecule has 1 saturated carbocycles. The summed E-state index contributed by atoms with van der Waals surface area (Å²) in [6, 6.07) is 6.72. The Balaban J connectivity index is 1.68. The third-order valence-corrected chi connectivity index (χ3v) is 6.30. The van der Waals surface area contributed by atoms with E-state index in [2.05, 4.69) is 6.58 Å². The van der Waals surface area contributed by atoms with Crippen molar-refractivity contribution in [1.82, 2.24) is 0 Å². The minimum absolute atomic E-state index is 0.178. The van der Waals surface area contributed by atoms with Crippen LogP contribution in [0.2, 0.25) is 0 Å². The Morgan fingerprint density at radius 3 is 2.36 bits per heavy atom. The molecule has 0 unspecified atom stereocenters. The topological polar surface area (TPSA) is 52.6 Å². The van der Waals surface area contributed by atoms with Gasteiger partial charge in [0.25, 0.3) is 10.1 Å². The molecule has 0 atom stereocenters. The molecule has 4 nitrogen and oxygen atoms in total. The molecule has 0 aromatic heterocycles. The first-order valence-corrected chi connectivity index (χ1v) is 9.03. The van der Waals surface area contributed by atoms with E-state index in [1.807, 2.05) is 13.0 Å². The Labute approximate surface area is 132 Å².